The summed E-state index contributed by atoms with van der Waals surface area (Å²) in [6.07, 6.45) is 8.85. The highest BCUT2D eigenvalue weighted by Gasteiger charge is 2.30. The largest absolute Gasteiger partial charge is 0.493 e. The van der Waals surface area contributed by atoms with Crippen LogP contribution in [0, 0.1) is 0 Å². The molecular weight excluding hydrogens is 594 g/mol. The molecule has 0 radical (unpaired) electrons. The van der Waals surface area contributed by atoms with Gasteiger partial charge in [-0.25, -0.2) is 4.79 Å². The molecule has 0 saturated carbocycles. The number of aryl methyl sites for hydroxylation is 1. The maximum atomic E-state index is 13.1. The third kappa shape index (κ3) is 8.58. The monoisotopic (exact) mass is 637 g/mol. The first-order valence-corrected chi connectivity index (χ1v) is 15.7. The molecule has 248 valence electrons. The van der Waals surface area contributed by atoms with Crippen molar-refractivity contribution in [3.05, 3.63) is 57.8 Å². The van der Waals surface area contributed by atoms with Crippen LogP contribution < -0.4 is 29.7 Å². The topological polar surface area (TPSA) is 136 Å². The van der Waals surface area contributed by atoms with Gasteiger partial charge in [-0.1, -0.05) is 12.1 Å². The number of rotatable bonds is 15. The van der Waals surface area contributed by atoms with E-state index in [1.807, 2.05) is 12.1 Å². The van der Waals surface area contributed by atoms with Gasteiger partial charge in [-0.05, 0) is 79.8 Å². The molecule has 2 aliphatic rings. The van der Waals surface area contributed by atoms with Crippen LogP contribution in [0.4, 0.5) is 0 Å². The highest BCUT2D eigenvalue weighted by atomic mass is 16.5. The smallest absolute Gasteiger partial charge is 0.330 e. The number of fused-ring (bicyclic) bond motifs is 3. The lowest BCUT2D eigenvalue weighted by Gasteiger charge is -2.20. The van der Waals surface area contributed by atoms with Crippen molar-refractivity contribution < 1.29 is 42.8 Å². The van der Waals surface area contributed by atoms with E-state index in [4.69, 9.17) is 28.4 Å². The number of ether oxygens (including phenoxy) is 6. The third-order valence-corrected chi connectivity index (χ3v) is 8.21. The molecule has 2 aromatic carbocycles. The number of benzene rings is 1. The number of methoxy groups -OCH3 is 4. The fourth-order valence-corrected chi connectivity index (χ4v) is 5.93. The van der Waals surface area contributed by atoms with Crippen molar-refractivity contribution in [1.29, 1.82) is 0 Å². The molecule has 0 unspecified atom stereocenters. The number of unbranched alkanes of at least 4 members (excludes halogenated alkanes) is 2. The standard InChI is InChI=1S/C35H43NO10/c1-41-28-18-16-24-25(21-27(28)37)26(17-15-22-20-29(42-2)34(43-3)35(44-4)33(22)24)36-30(38)12-9-13-31(39)45-19-7-5-6-10-23-11-8-14-32(40)46-23/h8,14,16,18,20-21,23,26H,5-7,9-13,15,17,19H2,1-4H3,(H,36,38)/t23-,26+/m1/s1. The Kier molecular flexibility index (Phi) is 12.4. The lowest BCUT2D eigenvalue weighted by atomic mass is 9.95. The van der Waals surface area contributed by atoms with Crippen LogP contribution >= 0.6 is 0 Å². The SMILES string of the molecule is COc1cc2c(c(OC)c1OC)-c1ccc(OC)c(=O)cc1[C@@H](NC(=O)CCCC(=O)OCCCCC[C@@H]1CC=CC(=O)O1)CC2. The lowest BCUT2D eigenvalue weighted by Crippen LogP contribution is -2.29. The molecule has 1 heterocycles. The summed E-state index contributed by atoms with van der Waals surface area (Å²) in [5.41, 5.74) is 2.69. The molecular formula is C35H43NO10. The minimum Gasteiger partial charge on any atom is -0.493 e. The summed E-state index contributed by atoms with van der Waals surface area (Å²) in [5, 5.41) is 3.08. The van der Waals surface area contributed by atoms with E-state index in [9.17, 15) is 19.2 Å². The van der Waals surface area contributed by atoms with E-state index in [2.05, 4.69) is 5.32 Å². The van der Waals surface area contributed by atoms with E-state index in [-0.39, 0.29) is 48.0 Å². The van der Waals surface area contributed by atoms with Gasteiger partial charge in [0.25, 0.3) is 0 Å². The van der Waals surface area contributed by atoms with Gasteiger partial charge in [0.15, 0.2) is 17.2 Å². The van der Waals surface area contributed by atoms with Crippen molar-refractivity contribution >= 4 is 17.8 Å². The quantitative estimate of drug-likeness (QED) is 0.210. The molecule has 1 N–H and O–H groups in total. The Bertz CT molecular complexity index is 1500. The van der Waals surface area contributed by atoms with Crippen LogP contribution in [-0.4, -0.2) is 59.0 Å². The summed E-state index contributed by atoms with van der Waals surface area (Å²) >= 11 is 0. The van der Waals surface area contributed by atoms with E-state index >= 15 is 0 Å². The highest BCUT2D eigenvalue weighted by molar-refractivity contribution is 5.84. The first-order valence-electron chi connectivity index (χ1n) is 15.7. The molecule has 0 saturated heterocycles. The zero-order valence-corrected chi connectivity index (χ0v) is 27.0. The molecule has 4 rings (SSSR count). The number of carbonyl (C=O) groups excluding carboxylic acids is 3. The molecule has 0 fully saturated rings. The van der Waals surface area contributed by atoms with E-state index in [1.54, 1.807) is 26.4 Å². The summed E-state index contributed by atoms with van der Waals surface area (Å²) in [6, 6.07) is 6.32. The lowest BCUT2D eigenvalue weighted by molar-refractivity contribution is -0.145. The normalized spacial score (nSPS) is 16.7. The van der Waals surface area contributed by atoms with Gasteiger partial charge < -0.3 is 33.7 Å². The average molecular weight is 638 g/mol. The van der Waals surface area contributed by atoms with Gasteiger partial charge >= 0.3 is 11.9 Å². The number of amides is 1. The molecule has 0 aromatic heterocycles. The van der Waals surface area contributed by atoms with Gasteiger partial charge in [0.2, 0.25) is 17.1 Å². The second-order valence-corrected chi connectivity index (χ2v) is 11.2. The molecule has 2 aromatic rings. The Hall–Kier alpha value is -4.54. The van der Waals surface area contributed by atoms with Gasteiger partial charge in [-0.15, -0.1) is 0 Å². The fraction of sp³-hybridized carbons (Fsp3) is 0.486. The van der Waals surface area contributed by atoms with Crippen molar-refractivity contribution in [2.75, 3.05) is 35.0 Å². The van der Waals surface area contributed by atoms with Crippen molar-refractivity contribution in [3.63, 3.8) is 0 Å². The predicted octanol–water partition coefficient (Wildman–Crippen LogP) is 5.00. The molecule has 11 heteroatoms. The third-order valence-electron chi connectivity index (χ3n) is 8.21. The Morgan fingerprint density at radius 3 is 2.39 bits per heavy atom. The first-order chi connectivity index (χ1) is 22.3. The van der Waals surface area contributed by atoms with Gasteiger partial charge in [0.05, 0.1) is 41.1 Å². The van der Waals surface area contributed by atoms with Crippen LogP contribution in [0.1, 0.15) is 75.0 Å². The van der Waals surface area contributed by atoms with Crippen LogP contribution in [0.15, 0.2) is 41.2 Å². The zero-order valence-electron chi connectivity index (χ0n) is 27.0. The summed E-state index contributed by atoms with van der Waals surface area (Å²) in [5.74, 6) is 0.700. The predicted molar refractivity (Wildman–Crippen MR) is 170 cm³/mol. The highest BCUT2D eigenvalue weighted by Crippen LogP contribution is 2.50. The summed E-state index contributed by atoms with van der Waals surface area (Å²) in [7, 11) is 6.07. The van der Waals surface area contributed by atoms with E-state index in [1.165, 1.54) is 26.4 Å². The van der Waals surface area contributed by atoms with Gasteiger partial charge in [-0.3, -0.25) is 14.4 Å². The molecule has 1 aliphatic carbocycles. The second-order valence-electron chi connectivity index (χ2n) is 11.2. The van der Waals surface area contributed by atoms with Crippen LogP contribution in [0.5, 0.6) is 23.0 Å². The number of nitrogens with one attached hydrogen (secondary N) is 1. The maximum Gasteiger partial charge on any atom is 0.330 e. The van der Waals surface area contributed by atoms with Crippen molar-refractivity contribution in [2.24, 2.45) is 0 Å². The molecule has 0 bridgehead atoms. The van der Waals surface area contributed by atoms with Crippen LogP contribution in [0.25, 0.3) is 11.1 Å². The van der Waals surface area contributed by atoms with Crippen molar-refractivity contribution in [3.8, 4) is 34.1 Å². The van der Waals surface area contributed by atoms with Gasteiger partial charge in [-0.2, -0.15) is 0 Å². The Morgan fingerprint density at radius 2 is 1.67 bits per heavy atom. The molecule has 1 amide bonds. The Labute approximate surface area is 269 Å². The van der Waals surface area contributed by atoms with Crippen molar-refractivity contribution in [2.45, 2.75) is 76.4 Å². The van der Waals surface area contributed by atoms with Crippen LogP contribution in [0.2, 0.25) is 0 Å². The first kappa shape index (κ1) is 34.3. The number of hydrogen-bond donors (Lipinski definition) is 1. The second kappa shape index (κ2) is 16.7. The van der Waals surface area contributed by atoms with E-state index in [0.717, 1.165) is 43.2 Å². The summed E-state index contributed by atoms with van der Waals surface area (Å²) in [6.45, 7) is 0.311. The molecule has 46 heavy (non-hydrogen) atoms. The van der Waals surface area contributed by atoms with E-state index < -0.39 is 6.04 Å². The molecule has 2 atom stereocenters. The zero-order chi connectivity index (χ0) is 33.1. The number of cyclic esters (lactones) is 1. The number of carbonyl (C=O) groups is 3. The minimum atomic E-state index is -0.485. The number of hydrogen-bond acceptors (Lipinski definition) is 10. The van der Waals surface area contributed by atoms with E-state index in [0.29, 0.717) is 54.2 Å². The molecule has 1 aliphatic heterocycles. The molecule has 0 spiro atoms. The van der Waals surface area contributed by atoms with Crippen LogP contribution in [0.3, 0.4) is 0 Å². The Balaban J connectivity index is 1.36. The maximum absolute atomic E-state index is 13.1. The Morgan fingerprint density at radius 1 is 0.891 bits per heavy atom. The minimum absolute atomic E-state index is 0.0733. The van der Waals surface area contributed by atoms with Gasteiger partial charge in [0.1, 0.15) is 6.10 Å². The van der Waals surface area contributed by atoms with Crippen molar-refractivity contribution in [1.82, 2.24) is 5.32 Å². The summed E-state index contributed by atoms with van der Waals surface area (Å²) < 4.78 is 32.9. The van der Waals surface area contributed by atoms with Gasteiger partial charge in [0, 0.05) is 30.9 Å². The average Bonchev–Trinajstić information content (AvgIpc) is 3.29. The summed E-state index contributed by atoms with van der Waals surface area (Å²) in [4.78, 5) is 49.7. The fourth-order valence-electron chi connectivity index (χ4n) is 5.93. The van der Waals surface area contributed by atoms with Crippen LogP contribution in [-0.2, 0) is 30.3 Å². The number of esters is 2. The molecule has 11 nitrogen and oxygen atoms in total.